The van der Waals surface area contributed by atoms with E-state index in [0.29, 0.717) is 11.8 Å². The zero-order valence-corrected chi connectivity index (χ0v) is 11.4. The number of amides is 1. The number of halogens is 1. The van der Waals surface area contributed by atoms with Gasteiger partial charge in [-0.3, -0.25) is 4.79 Å². The fourth-order valence-electron chi connectivity index (χ4n) is 2.20. The number of alkyl halides is 1. The highest BCUT2D eigenvalue weighted by Gasteiger charge is 2.34. The molecule has 1 fully saturated rings. The minimum absolute atomic E-state index is 0.0713. The number of nitrogens with one attached hydrogen (secondary N) is 1. The largest absolute Gasteiger partial charge is 0.349 e. The Bertz CT molecular complexity index is 234. The Morgan fingerprint density at radius 2 is 1.81 bits per heavy atom. The summed E-state index contributed by atoms with van der Waals surface area (Å²) in [6, 6.07) is 0. The van der Waals surface area contributed by atoms with Gasteiger partial charge < -0.3 is 5.32 Å². The van der Waals surface area contributed by atoms with E-state index in [1.807, 2.05) is 6.92 Å². The summed E-state index contributed by atoms with van der Waals surface area (Å²) in [6.45, 7) is 6.15. The summed E-state index contributed by atoms with van der Waals surface area (Å²) in [7, 11) is 0. The van der Waals surface area contributed by atoms with Crippen molar-refractivity contribution in [1.82, 2.24) is 5.32 Å². The average molecular weight is 246 g/mol. The second-order valence-corrected chi connectivity index (χ2v) is 5.76. The molecular formula is C13H24ClNO. The second kappa shape index (κ2) is 5.90. The molecule has 0 aromatic heterocycles. The highest BCUT2D eigenvalue weighted by Crippen LogP contribution is 2.29. The molecular weight excluding hydrogens is 222 g/mol. The Hall–Kier alpha value is -0.240. The molecule has 0 spiro atoms. The lowest BCUT2D eigenvalue weighted by Gasteiger charge is -2.37. The third-order valence-electron chi connectivity index (χ3n) is 3.87. The van der Waals surface area contributed by atoms with Gasteiger partial charge in [0.1, 0.15) is 0 Å². The van der Waals surface area contributed by atoms with Gasteiger partial charge in [-0.1, -0.05) is 40.0 Å². The van der Waals surface area contributed by atoms with Gasteiger partial charge in [-0.2, -0.15) is 0 Å². The number of rotatable bonds is 4. The molecule has 1 aliphatic rings. The molecule has 1 atom stereocenters. The molecule has 1 aliphatic carbocycles. The SMILES string of the molecule is CC(C)C(C)C(=O)NC1(CCl)CCCCC1. The van der Waals surface area contributed by atoms with E-state index in [2.05, 4.69) is 19.2 Å². The van der Waals surface area contributed by atoms with Crippen LogP contribution in [-0.2, 0) is 4.79 Å². The molecule has 16 heavy (non-hydrogen) atoms. The highest BCUT2D eigenvalue weighted by molar-refractivity contribution is 6.18. The first-order chi connectivity index (χ1) is 7.51. The molecule has 1 rings (SSSR count). The van der Waals surface area contributed by atoms with Crippen LogP contribution in [0, 0.1) is 11.8 Å². The second-order valence-electron chi connectivity index (χ2n) is 5.50. The molecule has 0 aromatic carbocycles. The summed E-state index contributed by atoms with van der Waals surface area (Å²) in [5, 5.41) is 3.19. The van der Waals surface area contributed by atoms with E-state index in [0.717, 1.165) is 12.8 Å². The molecule has 0 heterocycles. The summed E-state index contributed by atoms with van der Waals surface area (Å²) in [5.41, 5.74) is -0.125. The van der Waals surface area contributed by atoms with Crippen LogP contribution in [0.1, 0.15) is 52.9 Å². The molecule has 0 saturated heterocycles. The van der Waals surface area contributed by atoms with E-state index >= 15 is 0 Å². The van der Waals surface area contributed by atoms with Gasteiger partial charge in [-0.25, -0.2) is 0 Å². The first-order valence-corrected chi connectivity index (χ1v) is 6.92. The van der Waals surface area contributed by atoms with Gasteiger partial charge in [-0.05, 0) is 18.8 Å². The molecule has 0 bridgehead atoms. The van der Waals surface area contributed by atoms with E-state index < -0.39 is 0 Å². The van der Waals surface area contributed by atoms with E-state index in [-0.39, 0.29) is 17.4 Å². The van der Waals surface area contributed by atoms with Crippen LogP contribution in [0.25, 0.3) is 0 Å². The summed E-state index contributed by atoms with van der Waals surface area (Å²) in [5.74, 6) is 1.17. The van der Waals surface area contributed by atoms with Crippen LogP contribution in [0.15, 0.2) is 0 Å². The van der Waals surface area contributed by atoms with Crippen molar-refractivity contribution in [3.63, 3.8) is 0 Å². The number of hydrogen-bond acceptors (Lipinski definition) is 1. The average Bonchev–Trinajstić information content (AvgIpc) is 2.29. The van der Waals surface area contributed by atoms with Crippen LogP contribution in [0.2, 0.25) is 0 Å². The Morgan fingerprint density at radius 1 is 1.25 bits per heavy atom. The van der Waals surface area contributed by atoms with Crippen LogP contribution in [-0.4, -0.2) is 17.3 Å². The van der Waals surface area contributed by atoms with E-state index in [1.165, 1.54) is 19.3 Å². The van der Waals surface area contributed by atoms with Crippen LogP contribution in [0.3, 0.4) is 0 Å². The summed E-state index contributed by atoms with van der Waals surface area (Å²) in [4.78, 5) is 12.0. The maximum absolute atomic E-state index is 12.0. The summed E-state index contributed by atoms with van der Waals surface area (Å²) < 4.78 is 0. The molecule has 2 nitrogen and oxygen atoms in total. The van der Waals surface area contributed by atoms with Crippen molar-refractivity contribution in [2.45, 2.75) is 58.4 Å². The maximum Gasteiger partial charge on any atom is 0.223 e. The van der Waals surface area contributed by atoms with E-state index in [4.69, 9.17) is 11.6 Å². The van der Waals surface area contributed by atoms with Gasteiger partial charge in [0.25, 0.3) is 0 Å². The number of carbonyl (C=O) groups excluding carboxylic acids is 1. The maximum atomic E-state index is 12.0. The predicted octanol–water partition coefficient (Wildman–Crippen LogP) is 3.34. The Morgan fingerprint density at radius 3 is 2.25 bits per heavy atom. The van der Waals surface area contributed by atoms with Gasteiger partial charge in [0.05, 0.1) is 5.54 Å². The molecule has 1 amide bonds. The van der Waals surface area contributed by atoms with Gasteiger partial charge in [0.15, 0.2) is 0 Å². The van der Waals surface area contributed by atoms with Gasteiger partial charge in [-0.15, -0.1) is 11.6 Å². The monoisotopic (exact) mass is 245 g/mol. The van der Waals surface area contributed by atoms with E-state index in [9.17, 15) is 4.79 Å². The van der Waals surface area contributed by atoms with Gasteiger partial charge in [0.2, 0.25) is 5.91 Å². The fraction of sp³-hybridized carbons (Fsp3) is 0.923. The Kier molecular flexibility index (Phi) is 5.10. The zero-order valence-electron chi connectivity index (χ0n) is 10.7. The van der Waals surface area contributed by atoms with Gasteiger partial charge >= 0.3 is 0 Å². The molecule has 0 aromatic rings. The lowest BCUT2D eigenvalue weighted by Crippen LogP contribution is -2.53. The summed E-state index contributed by atoms with van der Waals surface area (Å²) >= 11 is 6.05. The first-order valence-electron chi connectivity index (χ1n) is 6.39. The molecule has 0 aliphatic heterocycles. The van der Waals surface area contributed by atoms with Crippen molar-refractivity contribution in [2.24, 2.45) is 11.8 Å². The minimum atomic E-state index is -0.125. The normalized spacial score (nSPS) is 21.8. The predicted molar refractivity (Wildman–Crippen MR) is 68.7 cm³/mol. The molecule has 1 saturated carbocycles. The highest BCUT2D eigenvalue weighted by atomic mass is 35.5. The lowest BCUT2D eigenvalue weighted by molar-refractivity contribution is -0.127. The first kappa shape index (κ1) is 13.8. The number of carbonyl (C=O) groups is 1. The quantitative estimate of drug-likeness (QED) is 0.757. The Balaban J connectivity index is 2.58. The van der Waals surface area contributed by atoms with Crippen LogP contribution < -0.4 is 5.32 Å². The van der Waals surface area contributed by atoms with Crippen LogP contribution in [0.4, 0.5) is 0 Å². The fourth-order valence-corrected chi connectivity index (χ4v) is 2.53. The molecule has 94 valence electrons. The van der Waals surface area contributed by atoms with Crippen molar-refractivity contribution in [1.29, 1.82) is 0 Å². The molecule has 0 radical (unpaired) electrons. The lowest BCUT2D eigenvalue weighted by atomic mass is 9.82. The third kappa shape index (κ3) is 3.38. The smallest absolute Gasteiger partial charge is 0.223 e. The van der Waals surface area contributed by atoms with Crippen molar-refractivity contribution < 1.29 is 4.79 Å². The van der Waals surface area contributed by atoms with Crippen LogP contribution in [0.5, 0.6) is 0 Å². The third-order valence-corrected chi connectivity index (χ3v) is 4.38. The summed E-state index contributed by atoms with van der Waals surface area (Å²) in [6.07, 6.45) is 5.71. The molecule has 1 N–H and O–H groups in total. The number of hydrogen-bond donors (Lipinski definition) is 1. The van der Waals surface area contributed by atoms with Crippen molar-refractivity contribution in [2.75, 3.05) is 5.88 Å². The zero-order chi connectivity index (χ0) is 12.2. The van der Waals surface area contributed by atoms with Gasteiger partial charge in [0, 0.05) is 11.8 Å². The van der Waals surface area contributed by atoms with Crippen molar-refractivity contribution in [3.8, 4) is 0 Å². The standard InChI is InChI=1S/C13H24ClNO/c1-10(2)11(3)12(16)15-13(9-14)7-5-4-6-8-13/h10-11H,4-9H2,1-3H3,(H,15,16). The Labute approximate surface area is 104 Å². The topological polar surface area (TPSA) is 29.1 Å². The van der Waals surface area contributed by atoms with E-state index in [1.54, 1.807) is 0 Å². The minimum Gasteiger partial charge on any atom is -0.349 e. The van der Waals surface area contributed by atoms with Crippen molar-refractivity contribution >= 4 is 17.5 Å². The van der Waals surface area contributed by atoms with Crippen LogP contribution >= 0.6 is 11.6 Å². The molecule has 1 unspecified atom stereocenters. The molecule has 3 heteroatoms. The van der Waals surface area contributed by atoms with Crippen molar-refractivity contribution in [3.05, 3.63) is 0 Å².